The van der Waals surface area contributed by atoms with E-state index in [-0.39, 0.29) is 0 Å². The minimum Gasteiger partial charge on any atom is -0.390 e. The largest absolute Gasteiger partial charge is 0.390 e. The van der Waals surface area contributed by atoms with Crippen molar-refractivity contribution < 1.29 is 5.11 Å². The molecule has 0 aromatic heterocycles. The molecule has 1 nitrogen and oxygen atoms in total. The molecule has 0 fully saturated rings. The van der Waals surface area contributed by atoms with Gasteiger partial charge < -0.3 is 5.11 Å². The fourth-order valence-electron chi connectivity index (χ4n) is 0.974. The van der Waals surface area contributed by atoms with Crippen molar-refractivity contribution in [2.75, 3.05) is 0 Å². The van der Waals surface area contributed by atoms with Crippen LogP contribution in [0.5, 0.6) is 0 Å². The van der Waals surface area contributed by atoms with E-state index in [0.717, 1.165) is 19.3 Å². The van der Waals surface area contributed by atoms with Crippen LogP contribution in [0, 0.1) is 5.92 Å². The van der Waals surface area contributed by atoms with Gasteiger partial charge >= 0.3 is 0 Å². The van der Waals surface area contributed by atoms with Crippen molar-refractivity contribution in [3.8, 4) is 0 Å². The Labute approximate surface area is 70.1 Å². The van der Waals surface area contributed by atoms with E-state index in [4.69, 9.17) is 0 Å². The average Bonchev–Trinajstić information content (AvgIpc) is 1.85. The zero-order chi connectivity index (χ0) is 8.91. The van der Waals surface area contributed by atoms with E-state index in [2.05, 4.69) is 13.5 Å². The highest BCUT2D eigenvalue weighted by atomic mass is 16.3. The van der Waals surface area contributed by atoms with Crippen molar-refractivity contribution in [1.29, 1.82) is 0 Å². The van der Waals surface area contributed by atoms with Crippen LogP contribution in [-0.2, 0) is 0 Å². The molecule has 0 unspecified atom stereocenters. The van der Waals surface area contributed by atoms with Gasteiger partial charge in [0.05, 0.1) is 5.60 Å². The maximum atomic E-state index is 9.38. The van der Waals surface area contributed by atoms with Crippen LogP contribution in [0.25, 0.3) is 0 Å². The van der Waals surface area contributed by atoms with Crippen molar-refractivity contribution in [3.05, 3.63) is 12.7 Å². The van der Waals surface area contributed by atoms with Gasteiger partial charge in [0.15, 0.2) is 0 Å². The van der Waals surface area contributed by atoms with E-state index in [1.165, 1.54) is 0 Å². The van der Waals surface area contributed by atoms with Crippen molar-refractivity contribution >= 4 is 0 Å². The van der Waals surface area contributed by atoms with Crippen LogP contribution in [0.3, 0.4) is 0 Å². The SMILES string of the molecule is C=C[C@H](C)CCCC(C)(C)O. The van der Waals surface area contributed by atoms with Gasteiger partial charge in [0.2, 0.25) is 0 Å². The summed E-state index contributed by atoms with van der Waals surface area (Å²) in [5.41, 5.74) is -0.499. The first-order valence-electron chi connectivity index (χ1n) is 4.30. The lowest BCUT2D eigenvalue weighted by atomic mass is 9.97. The summed E-state index contributed by atoms with van der Waals surface area (Å²) < 4.78 is 0. The quantitative estimate of drug-likeness (QED) is 0.607. The number of allylic oxidation sites excluding steroid dienone is 1. The number of rotatable bonds is 5. The molecule has 0 aliphatic heterocycles. The fraction of sp³-hybridized carbons (Fsp3) is 0.800. The van der Waals surface area contributed by atoms with Crippen LogP contribution in [0.15, 0.2) is 12.7 Å². The predicted molar refractivity (Wildman–Crippen MR) is 49.5 cm³/mol. The highest BCUT2D eigenvalue weighted by molar-refractivity contribution is 4.75. The van der Waals surface area contributed by atoms with Crippen LogP contribution in [0.4, 0.5) is 0 Å². The number of hydrogen-bond donors (Lipinski definition) is 1. The molecule has 0 radical (unpaired) electrons. The molecule has 1 N–H and O–H groups in total. The van der Waals surface area contributed by atoms with Crippen LogP contribution in [-0.4, -0.2) is 10.7 Å². The zero-order valence-corrected chi connectivity index (χ0v) is 7.93. The third-order valence-corrected chi connectivity index (χ3v) is 1.85. The Morgan fingerprint density at radius 3 is 2.45 bits per heavy atom. The molecule has 0 aromatic rings. The first-order valence-corrected chi connectivity index (χ1v) is 4.30. The second-order valence-corrected chi connectivity index (χ2v) is 3.92. The first-order chi connectivity index (χ1) is 4.95. The smallest absolute Gasteiger partial charge is 0.0591 e. The lowest BCUT2D eigenvalue weighted by Gasteiger charge is -2.17. The number of hydrogen-bond acceptors (Lipinski definition) is 1. The van der Waals surface area contributed by atoms with Gasteiger partial charge in [0.1, 0.15) is 0 Å². The van der Waals surface area contributed by atoms with Gasteiger partial charge in [0.25, 0.3) is 0 Å². The topological polar surface area (TPSA) is 20.2 Å². The van der Waals surface area contributed by atoms with Crippen molar-refractivity contribution in [1.82, 2.24) is 0 Å². The van der Waals surface area contributed by atoms with Crippen molar-refractivity contribution in [2.45, 2.75) is 45.6 Å². The van der Waals surface area contributed by atoms with Gasteiger partial charge in [-0.05, 0) is 32.6 Å². The van der Waals surface area contributed by atoms with Gasteiger partial charge in [-0.2, -0.15) is 0 Å². The lowest BCUT2D eigenvalue weighted by Crippen LogP contribution is -2.18. The van der Waals surface area contributed by atoms with Crippen molar-refractivity contribution in [3.63, 3.8) is 0 Å². The van der Waals surface area contributed by atoms with Crippen LogP contribution in [0.2, 0.25) is 0 Å². The summed E-state index contributed by atoms with van der Waals surface area (Å²) in [6.45, 7) is 9.57. The summed E-state index contributed by atoms with van der Waals surface area (Å²) in [5.74, 6) is 0.581. The molecule has 0 aliphatic rings. The molecule has 0 rings (SSSR count). The Morgan fingerprint density at radius 1 is 1.55 bits per heavy atom. The van der Waals surface area contributed by atoms with E-state index in [0.29, 0.717) is 5.92 Å². The first kappa shape index (κ1) is 10.7. The normalized spacial score (nSPS) is 14.5. The molecule has 1 heteroatoms. The second kappa shape index (κ2) is 4.55. The lowest BCUT2D eigenvalue weighted by molar-refractivity contribution is 0.0675. The van der Waals surface area contributed by atoms with E-state index in [1.54, 1.807) is 0 Å². The zero-order valence-electron chi connectivity index (χ0n) is 7.93. The van der Waals surface area contributed by atoms with Gasteiger partial charge in [-0.1, -0.05) is 19.4 Å². The Morgan fingerprint density at radius 2 is 2.09 bits per heavy atom. The summed E-state index contributed by atoms with van der Waals surface area (Å²) in [7, 11) is 0. The molecule has 0 heterocycles. The predicted octanol–water partition coefficient (Wildman–Crippen LogP) is 2.75. The Kier molecular flexibility index (Phi) is 4.43. The molecule has 11 heavy (non-hydrogen) atoms. The van der Waals surface area contributed by atoms with Gasteiger partial charge in [0, 0.05) is 0 Å². The van der Waals surface area contributed by atoms with E-state index in [9.17, 15) is 5.11 Å². The molecule has 0 aromatic carbocycles. The molecule has 0 saturated heterocycles. The summed E-state index contributed by atoms with van der Waals surface area (Å²) >= 11 is 0. The third kappa shape index (κ3) is 7.60. The highest BCUT2D eigenvalue weighted by Crippen LogP contribution is 2.15. The molecule has 0 bridgehead atoms. The summed E-state index contributed by atoms with van der Waals surface area (Å²) in [6, 6.07) is 0. The maximum absolute atomic E-state index is 9.38. The molecule has 0 aliphatic carbocycles. The fourth-order valence-corrected chi connectivity index (χ4v) is 0.974. The molecule has 0 saturated carbocycles. The summed E-state index contributed by atoms with van der Waals surface area (Å²) in [4.78, 5) is 0. The standard InChI is InChI=1S/C10H20O/c1-5-9(2)7-6-8-10(3,4)11/h5,9,11H,1,6-8H2,2-4H3/t9-/m0/s1. The monoisotopic (exact) mass is 156 g/mol. The molecule has 1 atom stereocenters. The second-order valence-electron chi connectivity index (χ2n) is 3.92. The highest BCUT2D eigenvalue weighted by Gasteiger charge is 2.11. The summed E-state index contributed by atoms with van der Waals surface area (Å²) in [5, 5.41) is 9.38. The maximum Gasteiger partial charge on any atom is 0.0591 e. The minimum atomic E-state index is -0.499. The Hall–Kier alpha value is -0.300. The van der Waals surface area contributed by atoms with Crippen molar-refractivity contribution in [2.24, 2.45) is 5.92 Å². The molecule has 66 valence electrons. The van der Waals surface area contributed by atoms with Crippen LogP contribution < -0.4 is 0 Å². The van der Waals surface area contributed by atoms with Gasteiger partial charge in [-0.3, -0.25) is 0 Å². The van der Waals surface area contributed by atoms with E-state index in [1.807, 2.05) is 19.9 Å². The average molecular weight is 156 g/mol. The summed E-state index contributed by atoms with van der Waals surface area (Å²) in [6.07, 6.45) is 5.06. The number of aliphatic hydroxyl groups is 1. The molecule has 0 spiro atoms. The van der Waals surface area contributed by atoms with Crippen LogP contribution in [0.1, 0.15) is 40.0 Å². The molecular weight excluding hydrogens is 136 g/mol. The van der Waals surface area contributed by atoms with Crippen LogP contribution >= 0.6 is 0 Å². The molecule has 0 amide bonds. The molecular formula is C10H20O. The Balaban J connectivity index is 3.35. The van der Waals surface area contributed by atoms with E-state index >= 15 is 0 Å². The van der Waals surface area contributed by atoms with Gasteiger partial charge in [-0.15, -0.1) is 6.58 Å². The third-order valence-electron chi connectivity index (χ3n) is 1.85. The minimum absolute atomic E-state index is 0.499. The van der Waals surface area contributed by atoms with E-state index < -0.39 is 5.60 Å². The van der Waals surface area contributed by atoms with Gasteiger partial charge in [-0.25, -0.2) is 0 Å². The Bertz CT molecular complexity index is 111.